The molecule has 0 N–H and O–H groups in total. The normalized spacial score (nSPS) is 12.6. The van der Waals surface area contributed by atoms with Gasteiger partial charge in [-0.1, -0.05) is 135 Å². The van der Waals surface area contributed by atoms with E-state index in [0.29, 0.717) is 0 Å². The van der Waals surface area contributed by atoms with E-state index in [4.69, 9.17) is 0 Å². The van der Waals surface area contributed by atoms with Gasteiger partial charge in [-0.15, -0.1) is 0 Å². The van der Waals surface area contributed by atoms with Gasteiger partial charge in [-0.25, -0.2) is 0 Å². The minimum atomic E-state index is -1.87. The second-order valence-corrected chi connectivity index (χ2v) is 24.2. The van der Waals surface area contributed by atoms with Crippen molar-refractivity contribution in [2.24, 2.45) is 0 Å². The van der Waals surface area contributed by atoms with Crippen molar-refractivity contribution in [3.8, 4) is 0 Å². The Hall–Kier alpha value is -1.61. The molecular formula is C25H33PSi2. The monoisotopic (exact) mass is 420 g/mol. The molecule has 0 amide bonds. The van der Waals surface area contributed by atoms with Crippen LogP contribution in [0, 0.1) is 0 Å². The Kier molecular flexibility index (Phi) is 6.05. The van der Waals surface area contributed by atoms with Gasteiger partial charge in [0, 0.05) is 0 Å². The minimum absolute atomic E-state index is 1.51. The van der Waals surface area contributed by atoms with Crippen LogP contribution < -0.4 is 15.9 Å². The molecule has 0 saturated carbocycles. The average Bonchev–Trinajstić information content (AvgIpc) is 2.66. The highest BCUT2D eigenvalue weighted by Crippen LogP contribution is 2.50. The van der Waals surface area contributed by atoms with Gasteiger partial charge in [-0.3, -0.25) is 0 Å². The van der Waals surface area contributed by atoms with Crippen molar-refractivity contribution in [3.63, 3.8) is 0 Å². The number of rotatable bonds is 5. The lowest BCUT2D eigenvalue weighted by Gasteiger charge is -2.43. The fourth-order valence-electron chi connectivity index (χ4n) is 4.92. The van der Waals surface area contributed by atoms with E-state index >= 15 is 0 Å². The number of hydrogen-bond donors (Lipinski definition) is 0. The predicted molar refractivity (Wildman–Crippen MR) is 137 cm³/mol. The zero-order chi connectivity index (χ0) is 20.4. The lowest BCUT2D eigenvalue weighted by atomic mass is 10.4. The summed E-state index contributed by atoms with van der Waals surface area (Å²) in [6.07, 6.45) is 0. The van der Waals surface area contributed by atoms with E-state index in [0.717, 1.165) is 0 Å². The van der Waals surface area contributed by atoms with Gasteiger partial charge in [0.25, 0.3) is 0 Å². The molecule has 3 aromatic carbocycles. The second-order valence-electron chi connectivity index (χ2n) is 9.53. The van der Waals surface area contributed by atoms with Crippen LogP contribution in [0.2, 0.25) is 39.3 Å². The summed E-state index contributed by atoms with van der Waals surface area (Å²) in [6, 6.07) is 34.1. The maximum absolute atomic E-state index is 2.56. The first-order chi connectivity index (χ1) is 13.2. The Balaban J connectivity index is 2.69. The summed E-state index contributed by atoms with van der Waals surface area (Å²) in [5.74, 6) is 0. The molecule has 0 heterocycles. The molecule has 0 aliphatic heterocycles. The predicted octanol–water partition coefficient (Wildman–Crippen LogP) is 5.91. The fourth-order valence-corrected chi connectivity index (χ4v) is 27.8. The SMILES string of the molecule is C[Si](C)(C)C([Si](C)(C)C)=P(c1ccccc1)(c1ccccc1)c1ccccc1. The molecule has 3 aromatic rings. The first-order valence-corrected chi connectivity index (χ1v) is 18.9. The van der Waals surface area contributed by atoms with Crippen LogP contribution in [0.4, 0.5) is 0 Å². The lowest BCUT2D eigenvalue weighted by Crippen LogP contribution is -2.54. The highest BCUT2D eigenvalue weighted by Gasteiger charge is 2.41. The summed E-state index contributed by atoms with van der Waals surface area (Å²) < 4.78 is 1.91. The average molecular weight is 421 g/mol. The third-order valence-corrected chi connectivity index (χ3v) is 22.5. The Morgan fingerprint density at radius 3 is 0.929 bits per heavy atom. The molecule has 3 heteroatoms. The minimum Gasteiger partial charge on any atom is -0.0813 e. The van der Waals surface area contributed by atoms with Crippen molar-refractivity contribution in [3.05, 3.63) is 91.0 Å². The molecule has 0 spiro atoms. The van der Waals surface area contributed by atoms with Crippen molar-refractivity contribution in [2.75, 3.05) is 0 Å². The first kappa shape index (κ1) is 21.1. The molecular weight excluding hydrogens is 387 g/mol. The van der Waals surface area contributed by atoms with E-state index in [-0.39, 0.29) is 0 Å². The molecule has 28 heavy (non-hydrogen) atoms. The van der Waals surface area contributed by atoms with Crippen LogP contribution >= 0.6 is 6.89 Å². The van der Waals surface area contributed by atoms with Crippen LogP contribution in [-0.4, -0.2) is 20.7 Å². The van der Waals surface area contributed by atoms with Gasteiger partial charge in [0.1, 0.15) is 0 Å². The van der Waals surface area contributed by atoms with E-state index in [1.54, 1.807) is 0 Å². The molecule has 0 atom stereocenters. The van der Waals surface area contributed by atoms with Crippen LogP contribution in [-0.2, 0) is 0 Å². The van der Waals surface area contributed by atoms with E-state index in [1.807, 2.05) is 4.54 Å². The second kappa shape index (κ2) is 8.02. The molecule has 0 bridgehead atoms. The van der Waals surface area contributed by atoms with Crippen molar-refractivity contribution < 1.29 is 0 Å². The van der Waals surface area contributed by atoms with Gasteiger partial charge in [-0.2, -0.15) is 0 Å². The zero-order valence-electron chi connectivity index (χ0n) is 18.1. The Morgan fingerprint density at radius 2 is 0.714 bits per heavy atom. The Morgan fingerprint density at radius 1 is 0.464 bits per heavy atom. The van der Waals surface area contributed by atoms with Crippen molar-refractivity contribution in [1.29, 1.82) is 0 Å². The third-order valence-electron chi connectivity index (χ3n) is 5.19. The summed E-state index contributed by atoms with van der Waals surface area (Å²) in [5, 5.41) is 4.52. The molecule has 146 valence electrons. The topological polar surface area (TPSA) is 0 Å². The molecule has 0 aliphatic carbocycles. The molecule has 0 radical (unpaired) electrons. The largest absolute Gasteiger partial charge is 0.0813 e. The molecule has 0 aliphatic rings. The van der Waals surface area contributed by atoms with Crippen LogP contribution in [0.15, 0.2) is 91.0 Å². The molecule has 0 saturated heterocycles. The summed E-state index contributed by atoms with van der Waals surface area (Å²) in [4.78, 5) is 0. The maximum atomic E-state index is 2.56. The summed E-state index contributed by atoms with van der Waals surface area (Å²) >= 11 is 0. The van der Waals surface area contributed by atoms with Crippen LogP contribution in [0.5, 0.6) is 0 Å². The molecule has 0 aromatic heterocycles. The van der Waals surface area contributed by atoms with Crippen molar-refractivity contribution in [1.82, 2.24) is 0 Å². The van der Waals surface area contributed by atoms with Crippen molar-refractivity contribution in [2.45, 2.75) is 39.3 Å². The van der Waals surface area contributed by atoms with Gasteiger partial charge in [0.2, 0.25) is 0 Å². The van der Waals surface area contributed by atoms with Gasteiger partial charge in [-0.05, 0) is 22.8 Å². The van der Waals surface area contributed by atoms with Crippen LogP contribution in [0.3, 0.4) is 0 Å². The molecule has 3 rings (SSSR count). The first-order valence-electron chi connectivity index (χ1n) is 10.1. The lowest BCUT2D eigenvalue weighted by molar-refractivity contribution is 1.73. The van der Waals surface area contributed by atoms with E-state index in [9.17, 15) is 0 Å². The van der Waals surface area contributed by atoms with Gasteiger partial charge in [0.05, 0.1) is 16.1 Å². The van der Waals surface area contributed by atoms with Gasteiger partial charge in [0.15, 0.2) is 0 Å². The van der Waals surface area contributed by atoms with Crippen LogP contribution in [0.1, 0.15) is 0 Å². The Labute approximate surface area is 173 Å². The van der Waals surface area contributed by atoms with Crippen molar-refractivity contribution >= 4 is 43.5 Å². The molecule has 0 fully saturated rings. The van der Waals surface area contributed by atoms with E-state index < -0.39 is 23.0 Å². The van der Waals surface area contributed by atoms with E-state index in [2.05, 4.69) is 130 Å². The number of benzene rings is 3. The fraction of sp³-hybridized carbons (Fsp3) is 0.240. The van der Waals surface area contributed by atoms with Gasteiger partial charge < -0.3 is 0 Å². The van der Waals surface area contributed by atoms with Gasteiger partial charge >= 0.3 is 0 Å². The Bertz CT molecular complexity index is 844. The zero-order valence-corrected chi connectivity index (χ0v) is 21.0. The highest BCUT2D eigenvalue weighted by molar-refractivity contribution is 8.02. The standard InChI is InChI=1S/C25H33PSi2/c1-27(2,3)25(28(4,5)6)26(22-16-10-7-11-17-22,23-18-12-8-13-19-23)24-20-14-9-15-21-24/h7-21H,1-6H3. The quantitative estimate of drug-likeness (QED) is 0.356. The molecule has 0 unspecified atom stereocenters. The maximum Gasteiger partial charge on any atom is 0.0695 e. The third kappa shape index (κ3) is 3.92. The van der Waals surface area contributed by atoms with Crippen LogP contribution in [0.25, 0.3) is 0 Å². The summed E-state index contributed by atoms with van der Waals surface area (Å²) in [7, 11) is -3.16. The van der Waals surface area contributed by atoms with E-state index in [1.165, 1.54) is 15.9 Å². The number of hydrogen-bond acceptors (Lipinski definition) is 0. The summed E-state index contributed by atoms with van der Waals surface area (Å²) in [5.41, 5.74) is 0. The molecule has 0 nitrogen and oxygen atoms in total. The summed E-state index contributed by atoms with van der Waals surface area (Å²) in [6.45, 7) is 13.5. The smallest absolute Gasteiger partial charge is 0.0695 e. The highest BCUT2D eigenvalue weighted by atomic mass is 31.2.